The van der Waals surface area contributed by atoms with Gasteiger partial charge in [-0.15, -0.1) is 0 Å². The summed E-state index contributed by atoms with van der Waals surface area (Å²) in [6, 6.07) is 37.5. The number of likely N-dealkylation sites (N-methyl/N-ethyl adjacent to an activating group) is 2. The lowest BCUT2D eigenvalue weighted by Gasteiger charge is -2.35. The van der Waals surface area contributed by atoms with Gasteiger partial charge in [-0.3, -0.25) is 29.7 Å². The van der Waals surface area contributed by atoms with E-state index < -0.39 is 30.0 Å². The first-order chi connectivity index (χ1) is 24.6. The van der Waals surface area contributed by atoms with Gasteiger partial charge in [-0.1, -0.05) is 121 Å². The summed E-state index contributed by atoms with van der Waals surface area (Å²) < 4.78 is 6.00. The van der Waals surface area contributed by atoms with Crippen LogP contribution in [0.2, 0.25) is 0 Å². The highest BCUT2D eigenvalue weighted by atomic mass is 16.6. The predicted octanol–water partition coefficient (Wildman–Crippen LogP) is 6.21. The minimum atomic E-state index is -1.01. The topological polar surface area (TPSA) is 99.3 Å². The van der Waals surface area contributed by atoms with Gasteiger partial charge in [0.2, 0.25) is 11.8 Å². The van der Waals surface area contributed by atoms with Crippen LogP contribution in [0.15, 0.2) is 121 Å². The van der Waals surface area contributed by atoms with Crippen molar-refractivity contribution in [3.63, 3.8) is 0 Å². The van der Waals surface area contributed by atoms with Crippen LogP contribution in [0.5, 0.6) is 0 Å². The normalized spacial score (nSPS) is 13.0. The number of hydrazine groups is 1. The second-order valence-corrected chi connectivity index (χ2v) is 13.0. The monoisotopic (exact) mass is 682 g/mol. The van der Waals surface area contributed by atoms with Crippen LogP contribution < -0.4 is 5.43 Å². The Morgan fingerprint density at radius 2 is 1.22 bits per heavy atom. The van der Waals surface area contributed by atoms with Crippen molar-refractivity contribution in [2.24, 2.45) is 0 Å². The zero-order valence-corrected chi connectivity index (χ0v) is 29.3. The summed E-state index contributed by atoms with van der Waals surface area (Å²) in [6.07, 6.45) is -0.274. The quantitative estimate of drug-likeness (QED) is 0.177. The highest BCUT2D eigenvalue weighted by molar-refractivity contribution is 5.92. The minimum absolute atomic E-state index is 0.0976. The predicted molar refractivity (Wildman–Crippen MR) is 198 cm³/mol. The van der Waals surface area contributed by atoms with E-state index in [1.165, 1.54) is 23.8 Å². The van der Waals surface area contributed by atoms with Crippen molar-refractivity contribution in [1.82, 2.24) is 20.2 Å². The van der Waals surface area contributed by atoms with E-state index in [2.05, 4.69) is 29.7 Å². The van der Waals surface area contributed by atoms with Crippen molar-refractivity contribution in [1.29, 1.82) is 0 Å². The van der Waals surface area contributed by atoms with Crippen molar-refractivity contribution in [3.8, 4) is 11.1 Å². The molecule has 0 aliphatic heterocycles. The summed E-state index contributed by atoms with van der Waals surface area (Å²) in [5, 5.41) is 3.15. The van der Waals surface area contributed by atoms with Crippen molar-refractivity contribution >= 4 is 34.6 Å². The molecule has 5 aromatic carbocycles. The molecule has 0 unspecified atom stereocenters. The van der Waals surface area contributed by atoms with Crippen LogP contribution in [0.3, 0.4) is 0 Å². The Bertz CT molecular complexity index is 2020. The van der Waals surface area contributed by atoms with Gasteiger partial charge in [0.25, 0.3) is 5.91 Å². The lowest BCUT2D eigenvalue weighted by atomic mass is 9.98. The van der Waals surface area contributed by atoms with E-state index >= 15 is 0 Å². The second kappa shape index (κ2) is 15.3. The Labute approximate surface area is 298 Å². The smallest absolute Gasteiger partial charge is 0.410 e. The van der Waals surface area contributed by atoms with Crippen molar-refractivity contribution in [3.05, 3.63) is 144 Å². The van der Waals surface area contributed by atoms with Crippen LogP contribution in [0.25, 0.3) is 21.9 Å². The van der Waals surface area contributed by atoms with E-state index in [4.69, 9.17) is 4.74 Å². The summed E-state index contributed by atoms with van der Waals surface area (Å²) in [6.45, 7) is 1.44. The van der Waals surface area contributed by atoms with Crippen LogP contribution in [-0.4, -0.2) is 78.5 Å². The standard InChI is InChI=1S/C42H42N4O5/c1-28(47)46(4)43-40(48)38(25-29-14-6-5-7-15-29)44(2)41(49)39(26-30-22-23-31-16-8-9-17-32(31)24-30)45(3)42(50)51-27-37-35-20-12-10-18-33(35)34-19-11-13-21-36(34)37/h5-24,37-39H,25-27H2,1-4H3,(H,43,48)/t38-,39-/m1/s1. The Hall–Kier alpha value is -5.96. The molecule has 2 atom stereocenters. The third kappa shape index (κ3) is 7.62. The van der Waals surface area contributed by atoms with Crippen LogP contribution >= 0.6 is 0 Å². The molecule has 1 aliphatic rings. The fourth-order valence-electron chi connectivity index (χ4n) is 6.75. The SMILES string of the molecule is CC(=O)N(C)NC(=O)[C@@H](Cc1ccccc1)N(C)C(=O)[C@@H](Cc1ccc2ccccc2c1)N(C)C(=O)OCC1c2ccccc2-c2ccccc21. The van der Waals surface area contributed by atoms with Gasteiger partial charge in [0, 0.05) is 46.8 Å². The summed E-state index contributed by atoms with van der Waals surface area (Å²) in [4.78, 5) is 56.9. The number of hydrogen-bond acceptors (Lipinski definition) is 5. The van der Waals surface area contributed by atoms with Gasteiger partial charge in [-0.2, -0.15) is 0 Å². The molecular weight excluding hydrogens is 640 g/mol. The molecule has 9 heteroatoms. The molecule has 0 saturated heterocycles. The number of fused-ring (bicyclic) bond motifs is 4. The van der Waals surface area contributed by atoms with E-state index in [0.717, 1.165) is 49.2 Å². The minimum Gasteiger partial charge on any atom is -0.448 e. The first kappa shape index (κ1) is 34.9. The van der Waals surface area contributed by atoms with Gasteiger partial charge in [-0.25, -0.2) is 4.79 Å². The molecule has 0 spiro atoms. The first-order valence-electron chi connectivity index (χ1n) is 17.0. The number of hydrogen-bond donors (Lipinski definition) is 1. The third-order valence-corrected chi connectivity index (χ3v) is 9.76. The maximum atomic E-state index is 14.6. The Morgan fingerprint density at radius 1 is 0.647 bits per heavy atom. The van der Waals surface area contributed by atoms with Crippen LogP contribution in [0, 0.1) is 0 Å². The number of ether oxygens (including phenoxy) is 1. The van der Waals surface area contributed by atoms with Crippen molar-refractivity contribution in [2.45, 2.75) is 37.8 Å². The van der Waals surface area contributed by atoms with Gasteiger partial charge in [0.1, 0.15) is 18.7 Å². The molecule has 9 nitrogen and oxygen atoms in total. The molecule has 6 rings (SSSR count). The fraction of sp³-hybridized carbons (Fsp3) is 0.238. The van der Waals surface area contributed by atoms with E-state index in [1.54, 1.807) is 14.1 Å². The molecule has 0 bridgehead atoms. The molecule has 4 amide bonds. The van der Waals surface area contributed by atoms with Gasteiger partial charge < -0.3 is 9.64 Å². The van der Waals surface area contributed by atoms with E-state index in [9.17, 15) is 19.2 Å². The van der Waals surface area contributed by atoms with E-state index in [-0.39, 0.29) is 31.3 Å². The first-order valence-corrected chi connectivity index (χ1v) is 17.0. The fourth-order valence-corrected chi connectivity index (χ4v) is 6.75. The Kier molecular flexibility index (Phi) is 10.5. The molecular formula is C42H42N4O5. The number of carbonyl (C=O) groups excluding carboxylic acids is 4. The molecule has 0 saturated carbocycles. The Morgan fingerprint density at radius 3 is 1.86 bits per heavy atom. The molecule has 5 aromatic rings. The average molecular weight is 683 g/mol. The summed E-state index contributed by atoms with van der Waals surface area (Å²) in [7, 11) is 4.57. The lowest BCUT2D eigenvalue weighted by molar-refractivity contribution is -0.146. The molecule has 1 aliphatic carbocycles. The highest BCUT2D eigenvalue weighted by Gasteiger charge is 2.37. The molecule has 1 N–H and O–H groups in total. The van der Waals surface area contributed by atoms with Crippen LogP contribution in [0.4, 0.5) is 4.79 Å². The Balaban J connectivity index is 1.28. The lowest BCUT2D eigenvalue weighted by Crippen LogP contribution is -2.58. The number of nitrogens with zero attached hydrogens (tertiary/aromatic N) is 3. The second-order valence-electron chi connectivity index (χ2n) is 13.0. The zero-order valence-electron chi connectivity index (χ0n) is 29.3. The largest absolute Gasteiger partial charge is 0.448 e. The maximum absolute atomic E-state index is 14.6. The summed E-state index contributed by atoms with van der Waals surface area (Å²) >= 11 is 0. The molecule has 0 radical (unpaired) electrons. The van der Waals surface area contributed by atoms with Gasteiger partial charge in [0.05, 0.1) is 0 Å². The molecule has 0 heterocycles. The zero-order chi connectivity index (χ0) is 36.1. The summed E-state index contributed by atoms with van der Waals surface area (Å²) in [5.74, 6) is -1.48. The molecule has 51 heavy (non-hydrogen) atoms. The molecule has 260 valence electrons. The number of nitrogens with one attached hydrogen (secondary N) is 1. The van der Waals surface area contributed by atoms with Crippen LogP contribution in [0.1, 0.15) is 35.1 Å². The maximum Gasteiger partial charge on any atom is 0.410 e. The highest BCUT2D eigenvalue weighted by Crippen LogP contribution is 2.44. The van der Waals surface area contributed by atoms with Crippen LogP contribution in [-0.2, 0) is 32.0 Å². The molecule has 0 aromatic heterocycles. The average Bonchev–Trinajstić information content (AvgIpc) is 3.47. The van der Waals surface area contributed by atoms with Gasteiger partial charge in [-0.05, 0) is 44.2 Å². The molecule has 0 fully saturated rings. The summed E-state index contributed by atoms with van der Waals surface area (Å²) in [5.41, 5.74) is 8.70. The number of rotatable bonds is 10. The van der Waals surface area contributed by atoms with E-state index in [0.29, 0.717) is 0 Å². The number of amides is 4. The van der Waals surface area contributed by atoms with Crippen molar-refractivity contribution in [2.75, 3.05) is 27.7 Å². The third-order valence-electron chi connectivity index (χ3n) is 9.76. The van der Waals surface area contributed by atoms with Crippen molar-refractivity contribution < 1.29 is 23.9 Å². The number of benzene rings is 5. The van der Waals surface area contributed by atoms with Gasteiger partial charge in [0.15, 0.2) is 0 Å². The number of carbonyl (C=O) groups is 4. The van der Waals surface area contributed by atoms with E-state index in [1.807, 2.05) is 97.1 Å². The van der Waals surface area contributed by atoms with Gasteiger partial charge >= 0.3 is 6.09 Å².